The molecule has 1 aromatic rings. The first-order chi connectivity index (χ1) is 11.1. The van der Waals surface area contributed by atoms with Gasteiger partial charge >= 0.3 is 0 Å². The maximum atomic E-state index is 12.1. The third kappa shape index (κ3) is 3.72. The van der Waals surface area contributed by atoms with Gasteiger partial charge in [0.05, 0.1) is 22.5 Å². The zero-order valence-corrected chi connectivity index (χ0v) is 15.0. The SMILES string of the molecule is COc1cc(/C=C2\SC(=NC3CCCC3)NC2=O)cc(Br)c1O. The van der Waals surface area contributed by atoms with E-state index in [1.807, 2.05) is 0 Å². The molecule has 0 atom stereocenters. The van der Waals surface area contributed by atoms with E-state index < -0.39 is 0 Å². The number of nitrogens with one attached hydrogen (secondary N) is 1. The van der Waals surface area contributed by atoms with Crippen molar-refractivity contribution in [3.63, 3.8) is 0 Å². The zero-order chi connectivity index (χ0) is 16.4. The fourth-order valence-electron chi connectivity index (χ4n) is 2.67. The Bertz CT molecular complexity index is 697. The number of benzene rings is 1. The maximum absolute atomic E-state index is 12.1. The molecule has 2 fully saturated rings. The third-order valence-corrected chi connectivity index (χ3v) is 5.37. The molecule has 1 saturated carbocycles. The monoisotopic (exact) mass is 396 g/mol. The van der Waals surface area contributed by atoms with Crippen LogP contribution < -0.4 is 10.1 Å². The Labute approximate surface area is 147 Å². The highest BCUT2D eigenvalue weighted by molar-refractivity contribution is 9.10. The first kappa shape index (κ1) is 16.4. The number of hydrogen-bond acceptors (Lipinski definition) is 5. The molecular weight excluding hydrogens is 380 g/mol. The molecule has 0 spiro atoms. The predicted molar refractivity (Wildman–Crippen MR) is 95.8 cm³/mol. The number of amidine groups is 1. The van der Waals surface area contributed by atoms with E-state index in [-0.39, 0.29) is 11.7 Å². The van der Waals surface area contributed by atoms with E-state index in [1.54, 1.807) is 18.2 Å². The van der Waals surface area contributed by atoms with Gasteiger partial charge in [-0.25, -0.2) is 0 Å². The molecule has 2 aliphatic rings. The Morgan fingerprint density at radius 2 is 2.17 bits per heavy atom. The fraction of sp³-hybridized carbons (Fsp3) is 0.375. The standard InChI is InChI=1S/C16H17BrN2O3S/c1-22-12-7-9(6-11(17)14(12)20)8-13-15(21)19-16(23-13)18-10-4-2-3-5-10/h6-8,10,20H,2-5H2,1H3,(H,18,19,21)/b13-8-. The van der Waals surface area contributed by atoms with Gasteiger partial charge < -0.3 is 15.2 Å². The van der Waals surface area contributed by atoms with E-state index in [0.717, 1.165) is 18.4 Å². The minimum Gasteiger partial charge on any atom is -0.503 e. The summed E-state index contributed by atoms with van der Waals surface area (Å²) in [6.07, 6.45) is 6.39. The summed E-state index contributed by atoms with van der Waals surface area (Å²) in [7, 11) is 1.49. The number of rotatable bonds is 3. The normalized spacial score (nSPS) is 22.1. The molecule has 1 saturated heterocycles. The largest absolute Gasteiger partial charge is 0.503 e. The van der Waals surface area contributed by atoms with Gasteiger partial charge in [-0.1, -0.05) is 12.8 Å². The number of aromatic hydroxyl groups is 1. The van der Waals surface area contributed by atoms with Crippen molar-refractivity contribution in [1.82, 2.24) is 5.32 Å². The number of aliphatic imine (C=N–C) groups is 1. The van der Waals surface area contributed by atoms with Crippen molar-refractivity contribution in [3.8, 4) is 11.5 Å². The van der Waals surface area contributed by atoms with Gasteiger partial charge in [0.15, 0.2) is 16.7 Å². The number of phenolic OH excluding ortho intramolecular Hbond substituents is 1. The maximum Gasteiger partial charge on any atom is 0.264 e. The van der Waals surface area contributed by atoms with Crippen LogP contribution in [0.2, 0.25) is 0 Å². The van der Waals surface area contributed by atoms with Crippen LogP contribution in [0.3, 0.4) is 0 Å². The van der Waals surface area contributed by atoms with Gasteiger partial charge in [0, 0.05) is 0 Å². The second-order valence-electron chi connectivity index (χ2n) is 5.49. The van der Waals surface area contributed by atoms with Crippen LogP contribution in [0.1, 0.15) is 31.2 Å². The van der Waals surface area contributed by atoms with Gasteiger partial charge in [-0.2, -0.15) is 0 Å². The molecule has 0 aromatic heterocycles. The average molecular weight is 397 g/mol. The molecule has 0 unspecified atom stereocenters. The Hall–Kier alpha value is -1.47. The molecule has 7 heteroatoms. The lowest BCUT2D eigenvalue weighted by Crippen LogP contribution is -2.21. The molecule has 0 radical (unpaired) electrons. The molecular formula is C16H17BrN2O3S. The highest BCUT2D eigenvalue weighted by Gasteiger charge is 2.25. The van der Waals surface area contributed by atoms with Gasteiger partial charge in [0.2, 0.25) is 0 Å². The predicted octanol–water partition coefficient (Wildman–Crippen LogP) is 3.67. The highest BCUT2D eigenvalue weighted by Crippen LogP contribution is 2.37. The van der Waals surface area contributed by atoms with Crippen molar-refractivity contribution < 1.29 is 14.6 Å². The van der Waals surface area contributed by atoms with Gasteiger partial charge in [-0.05, 0) is 64.3 Å². The molecule has 0 bridgehead atoms. The molecule has 1 amide bonds. The quantitative estimate of drug-likeness (QED) is 0.764. The summed E-state index contributed by atoms with van der Waals surface area (Å²) < 4.78 is 5.65. The summed E-state index contributed by atoms with van der Waals surface area (Å²) in [6, 6.07) is 3.76. The Morgan fingerprint density at radius 1 is 1.43 bits per heavy atom. The lowest BCUT2D eigenvalue weighted by molar-refractivity contribution is -0.115. The van der Waals surface area contributed by atoms with E-state index >= 15 is 0 Å². The Kier molecular flexibility index (Phi) is 4.96. The van der Waals surface area contributed by atoms with Crippen LogP contribution in [0, 0.1) is 0 Å². The second kappa shape index (κ2) is 6.97. The number of thioether (sulfide) groups is 1. The van der Waals surface area contributed by atoms with Gasteiger partial charge in [0.1, 0.15) is 0 Å². The van der Waals surface area contributed by atoms with E-state index in [2.05, 4.69) is 26.2 Å². The van der Waals surface area contributed by atoms with E-state index in [9.17, 15) is 9.90 Å². The minimum absolute atomic E-state index is 0.0432. The van der Waals surface area contributed by atoms with E-state index in [4.69, 9.17) is 4.74 Å². The number of carbonyl (C=O) groups is 1. The zero-order valence-electron chi connectivity index (χ0n) is 12.6. The number of amides is 1. The molecule has 23 heavy (non-hydrogen) atoms. The molecule has 5 nitrogen and oxygen atoms in total. The lowest BCUT2D eigenvalue weighted by Gasteiger charge is -2.06. The summed E-state index contributed by atoms with van der Waals surface area (Å²) in [5, 5.41) is 13.3. The van der Waals surface area contributed by atoms with Crippen molar-refractivity contribution in [1.29, 1.82) is 0 Å². The van der Waals surface area contributed by atoms with Crippen LogP contribution in [-0.2, 0) is 4.79 Å². The number of nitrogens with zero attached hydrogens (tertiary/aromatic N) is 1. The average Bonchev–Trinajstić information content (AvgIpc) is 3.13. The van der Waals surface area contributed by atoms with Crippen LogP contribution in [0.15, 0.2) is 26.5 Å². The summed E-state index contributed by atoms with van der Waals surface area (Å²) in [4.78, 5) is 17.3. The summed E-state index contributed by atoms with van der Waals surface area (Å²) in [5.41, 5.74) is 0.770. The van der Waals surface area contributed by atoms with Gasteiger partial charge in [0.25, 0.3) is 5.91 Å². The number of halogens is 1. The van der Waals surface area contributed by atoms with Crippen molar-refractivity contribution in [3.05, 3.63) is 27.1 Å². The lowest BCUT2D eigenvalue weighted by atomic mass is 10.2. The molecule has 122 valence electrons. The van der Waals surface area contributed by atoms with Crippen molar-refractivity contribution in [2.75, 3.05) is 7.11 Å². The summed E-state index contributed by atoms with van der Waals surface area (Å²) >= 11 is 4.64. The molecule has 1 heterocycles. The van der Waals surface area contributed by atoms with Crippen LogP contribution in [0.25, 0.3) is 6.08 Å². The molecule has 1 aliphatic carbocycles. The number of methoxy groups -OCH3 is 1. The number of hydrogen-bond donors (Lipinski definition) is 2. The van der Waals surface area contributed by atoms with Crippen LogP contribution in [0.5, 0.6) is 11.5 Å². The van der Waals surface area contributed by atoms with Crippen LogP contribution in [0.4, 0.5) is 0 Å². The number of carbonyl (C=O) groups excluding carboxylic acids is 1. The first-order valence-corrected chi connectivity index (χ1v) is 9.03. The number of phenols is 1. The minimum atomic E-state index is -0.144. The van der Waals surface area contributed by atoms with Crippen molar-refractivity contribution in [2.45, 2.75) is 31.7 Å². The Morgan fingerprint density at radius 3 is 2.87 bits per heavy atom. The Balaban J connectivity index is 1.82. The van der Waals surface area contributed by atoms with Crippen molar-refractivity contribution >= 4 is 44.8 Å². The topological polar surface area (TPSA) is 70.9 Å². The van der Waals surface area contributed by atoms with Gasteiger partial charge in [-0.15, -0.1) is 0 Å². The highest BCUT2D eigenvalue weighted by atomic mass is 79.9. The molecule has 2 N–H and O–H groups in total. The van der Waals surface area contributed by atoms with Crippen LogP contribution >= 0.6 is 27.7 Å². The number of ether oxygens (including phenoxy) is 1. The van der Waals surface area contributed by atoms with Crippen LogP contribution in [-0.4, -0.2) is 29.3 Å². The van der Waals surface area contributed by atoms with E-state index in [0.29, 0.717) is 26.3 Å². The summed E-state index contributed by atoms with van der Waals surface area (Å²) in [5.74, 6) is 0.256. The van der Waals surface area contributed by atoms with Crippen molar-refractivity contribution in [2.24, 2.45) is 4.99 Å². The second-order valence-corrected chi connectivity index (χ2v) is 7.38. The van der Waals surface area contributed by atoms with E-state index in [1.165, 1.54) is 31.7 Å². The smallest absolute Gasteiger partial charge is 0.264 e. The fourth-order valence-corrected chi connectivity index (χ4v) is 4.02. The van der Waals surface area contributed by atoms with Gasteiger partial charge in [-0.3, -0.25) is 9.79 Å². The third-order valence-electron chi connectivity index (χ3n) is 3.84. The molecule has 3 rings (SSSR count). The summed E-state index contributed by atoms with van der Waals surface area (Å²) in [6.45, 7) is 0. The first-order valence-electron chi connectivity index (χ1n) is 7.42. The molecule has 1 aliphatic heterocycles. The molecule has 1 aromatic carbocycles.